The summed E-state index contributed by atoms with van der Waals surface area (Å²) in [4.78, 5) is 2.60. The number of hydrogen-bond acceptors (Lipinski definition) is 2. The maximum absolute atomic E-state index is 5.74. The normalized spacial score (nSPS) is 23.5. The van der Waals surface area contributed by atoms with Gasteiger partial charge in [-0.25, -0.2) is 0 Å². The van der Waals surface area contributed by atoms with Crippen molar-refractivity contribution in [2.45, 2.75) is 38.5 Å². The summed E-state index contributed by atoms with van der Waals surface area (Å²) in [7, 11) is 0. The van der Waals surface area contributed by atoms with E-state index in [1.807, 2.05) is 0 Å². The molecule has 1 heterocycles. The van der Waals surface area contributed by atoms with Crippen LogP contribution in [0.5, 0.6) is 0 Å². The van der Waals surface area contributed by atoms with E-state index in [0.29, 0.717) is 0 Å². The maximum Gasteiger partial charge on any atom is 0.00836 e. The molecule has 84 valence electrons. The summed E-state index contributed by atoms with van der Waals surface area (Å²) in [6, 6.07) is 0. The van der Waals surface area contributed by atoms with E-state index >= 15 is 0 Å². The van der Waals surface area contributed by atoms with Gasteiger partial charge in [-0.2, -0.15) is 0 Å². The van der Waals surface area contributed by atoms with Gasteiger partial charge >= 0.3 is 0 Å². The molecular formula is C13H22N2. The molecule has 2 rings (SSSR count). The summed E-state index contributed by atoms with van der Waals surface area (Å²) in [5.41, 5.74) is 8.36. The molecule has 2 N–H and O–H groups in total. The van der Waals surface area contributed by atoms with Gasteiger partial charge in [-0.15, -0.1) is 0 Å². The minimum absolute atomic E-state index is 1.04. The predicted octanol–water partition coefficient (Wildman–Crippen LogP) is 2.43. The molecule has 1 fully saturated rings. The van der Waals surface area contributed by atoms with Crippen LogP contribution in [0.3, 0.4) is 0 Å². The highest BCUT2D eigenvalue weighted by atomic mass is 15.1. The summed E-state index contributed by atoms with van der Waals surface area (Å²) in [6.45, 7) is 3.87. The van der Waals surface area contributed by atoms with Crippen molar-refractivity contribution in [1.29, 1.82) is 0 Å². The highest BCUT2D eigenvalue weighted by molar-refractivity contribution is 5.22. The van der Waals surface area contributed by atoms with Crippen LogP contribution in [0.4, 0.5) is 0 Å². The van der Waals surface area contributed by atoms with Crippen LogP contribution in [0.2, 0.25) is 0 Å². The summed E-state index contributed by atoms with van der Waals surface area (Å²) < 4.78 is 0. The Balaban J connectivity index is 1.73. The van der Waals surface area contributed by atoms with Crippen LogP contribution in [-0.4, -0.2) is 24.5 Å². The average molecular weight is 206 g/mol. The first kappa shape index (κ1) is 10.7. The van der Waals surface area contributed by atoms with Crippen molar-refractivity contribution in [3.05, 3.63) is 23.4 Å². The first-order valence-corrected chi connectivity index (χ1v) is 6.21. The largest absolute Gasteiger partial charge is 0.402 e. The molecule has 0 amide bonds. The van der Waals surface area contributed by atoms with Crippen molar-refractivity contribution in [3.63, 3.8) is 0 Å². The van der Waals surface area contributed by atoms with Crippen LogP contribution in [-0.2, 0) is 0 Å². The van der Waals surface area contributed by atoms with E-state index in [1.54, 1.807) is 5.57 Å². The quantitative estimate of drug-likeness (QED) is 0.768. The number of allylic oxidation sites excluding steroid dienone is 3. The van der Waals surface area contributed by atoms with Gasteiger partial charge in [0.1, 0.15) is 0 Å². The van der Waals surface area contributed by atoms with Crippen LogP contribution < -0.4 is 5.73 Å². The lowest BCUT2D eigenvalue weighted by Gasteiger charge is -2.27. The fraction of sp³-hybridized carbons (Fsp3) is 0.692. The zero-order valence-corrected chi connectivity index (χ0v) is 9.54. The zero-order chi connectivity index (χ0) is 10.5. The third-order valence-electron chi connectivity index (χ3n) is 3.47. The van der Waals surface area contributed by atoms with Gasteiger partial charge < -0.3 is 10.6 Å². The molecule has 0 aromatic rings. The lowest BCUT2D eigenvalue weighted by molar-refractivity contribution is 0.231. The Bertz CT molecular complexity index is 260. The highest BCUT2D eigenvalue weighted by Gasteiger charge is 2.11. The average Bonchev–Trinajstić information content (AvgIpc) is 2.30. The Labute approximate surface area is 92.8 Å². The maximum atomic E-state index is 5.74. The molecule has 0 spiro atoms. The fourth-order valence-electron chi connectivity index (χ4n) is 2.39. The SMILES string of the molecule is NC1=CC=C(CCN2CCCCC2)CC1. The Morgan fingerprint density at radius 1 is 1.07 bits per heavy atom. The van der Waals surface area contributed by atoms with Gasteiger partial charge in [0.25, 0.3) is 0 Å². The topological polar surface area (TPSA) is 29.3 Å². The van der Waals surface area contributed by atoms with E-state index in [9.17, 15) is 0 Å². The standard InChI is InChI=1S/C13H22N2/c14-13-6-4-12(5-7-13)8-11-15-9-2-1-3-10-15/h4,6H,1-3,5,7-11,14H2. The first-order chi connectivity index (χ1) is 7.34. The molecule has 0 radical (unpaired) electrons. The molecule has 2 nitrogen and oxygen atoms in total. The number of hydrogen-bond donors (Lipinski definition) is 1. The van der Waals surface area contributed by atoms with Crippen molar-refractivity contribution < 1.29 is 0 Å². The third-order valence-corrected chi connectivity index (χ3v) is 3.47. The van der Waals surface area contributed by atoms with Gasteiger partial charge in [-0.05, 0) is 51.3 Å². The molecule has 0 saturated carbocycles. The van der Waals surface area contributed by atoms with Crippen LogP contribution in [0.1, 0.15) is 38.5 Å². The molecule has 2 aliphatic rings. The molecule has 0 bridgehead atoms. The smallest absolute Gasteiger partial charge is 0.00836 e. The summed E-state index contributed by atoms with van der Waals surface area (Å²) in [5, 5.41) is 0. The fourth-order valence-corrected chi connectivity index (χ4v) is 2.39. The number of nitrogens with two attached hydrogens (primary N) is 1. The molecule has 0 aromatic heterocycles. The minimum atomic E-state index is 1.04. The van der Waals surface area contributed by atoms with Crippen molar-refractivity contribution in [2.24, 2.45) is 5.73 Å². The van der Waals surface area contributed by atoms with E-state index in [4.69, 9.17) is 5.73 Å². The first-order valence-electron chi connectivity index (χ1n) is 6.21. The van der Waals surface area contributed by atoms with Crippen molar-refractivity contribution in [2.75, 3.05) is 19.6 Å². The van der Waals surface area contributed by atoms with Crippen LogP contribution in [0, 0.1) is 0 Å². The molecule has 0 unspecified atom stereocenters. The van der Waals surface area contributed by atoms with Gasteiger partial charge in [0.15, 0.2) is 0 Å². The van der Waals surface area contributed by atoms with Gasteiger partial charge in [-0.3, -0.25) is 0 Å². The number of likely N-dealkylation sites (tertiary alicyclic amines) is 1. The molecular weight excluding hydrogens is 184 g/mol. The van der Waals surface area contributed by atoms with E-state index in [2.05, 4.69) is 17.1 Å². The van der Waals surface area contributed by atoms with Gasteiger partial charge in [0.05, 0.1) is 0 Å². The Hall–Kier alpha value is -0.760. The van der Waals surface area contributed by atoms with Gasteiger partial charge in [0, 0.05) is 12.2 Å². The summed E-state index contributed by atoms with van der Waals surface area (Å²) in [5.74, 6) is 0. The van der Waals surface area contributed by atoms with E-state index in [1.165, 1.54) is 51.7 Å². The zero-order valence-electron chi connectivity index (χ0n) is 9.54. The number of rotatable bonds is 3. The van der Waals surface area contributed by atoms with Crippen molar-refractivity contribution >= 4 is 0 Å². The van der Waals surface area contributed by atoms with E-state index in [-0.39, 0.29) is 0 Å². The van der Waals surface area contributed by atoms with E-state index < -0.39 is 0 Å². The van der Waals surface area contributed by atoms with E-state index in [0.717, 1.165) is 12.1 Å². The third kappa shape index (κ3) is 3.38. The Kier molecular flexibility index (Phi) is 3.84. The van der Waals surface area contributed by atoms with Crippen molar-refractivity contribution in [3.8, 4) is 0 Å². The monoisotopic (exact) mass is 206 g/mol. The van der Waals surface area contributed by atoms with Crippen molar-refractivity contribution in [1.82, 2.24) is 4.90 Å². The molecule has 15 heavy (non-hydrogen) atoms. The number of piperidine rings is 1. The molecule has 1 saturated heterocycles. The second kappa shape index (κ2) is 5.36. The highest BCUT2D eigenvalue weighted by Crippen LogP contribution is 2.19. The molecule has 1 aliphatic carbocycles. The van der Waals surface area contributed by atoms with Crippen LogP contribution in [0.25, 0.3) is 0 Å². The lowest BCUT2D eigenvalue weighted by atomic mass is 9.99. The Morgan fingerprint density at radius 3 is 2.53 bits per heavy atom. The number of nitrogens with zero attached hydrogens (tertiary/aromatic N) is 1. The second-order valence-electron chi connectivity index (χ2n) is 4.72. The summed E-state index contributed by atoms with van der Waals surface area (Å²) >= 11 is 0. The summed E-state index contributed by atoms with van der Waals surface area (Å²) in [6.07, 6.45) is 12.0. The lowest BCUT2D eigenvalue weighted by Crippen LogP contribution is -2.30. The Morgan fingerprint density at radius 2 is 1.87 bits per heavy atom. The van der Waals surface area contributed by atoms with Gasteiger partial charge in [-0.1, -0.05) is 18.1 Å². The van der Waals surface area contributed by atoms with Crippen LogP contribution in [0.15, 0.2) is 23.4 Å². The molecule has 2 heteroatoms. The molecule has 0 atom stereocenters. The predicted molar refractivity (Wildman–Crippen MR) is 64.5 cm³/mol. The van der Waals surface area contributed by atoms with Gasteiger partial charge in [0.2, 0.25) is 0 Å². The minimum Gasteiger partial charge on any atom is -0.402 e. The van der Waals surface area contributed by atoms with Crippen LogP contribution >= 0.6 is 0 Å². The second-order valence-corrected chi connectivity index (χ2v) is 4.72. The molecule has 0 aromatic carbocycles. The molecule has 1 aliphatic heterocycles.